The molecule has 0 unspecified atom stereocenters. The predicted octanol–water partition coefficient (Wildman–Crippen LogP) is 6.53. The third-order valence-electron chi connectivity index (χ3n) is 4.22. The topological polar surface area (TPSA) is 20.2 Å². The van der Waals surface area contributed by atoms with Crippen molar-refractivity contribution >= 4 is 21.4 Å². The van der Waals surface area contributed by atoms with Crippen LogP contribution in [0.1, 0.15) is 5.56 Å². The standard InChI is InChI=1S/C21H14F2OS/c1-12-5-7-13(8-6-12)19-15-3-2-4-18(24)21(15)25-20(19)14-9-10-16(22)17(23)11-14/h2-11,24H,1H3. The maximum atomic E-state index is 13.8. The van der Waals surface area contributed by atoms with Crippen LogP contribution in [0.3, 0.4) is 0 Å². The van der Waals surface area contributed by atoms with E-state index >= 15 is 0 Å². The van der Waals surface area contributed by atoms with Gasteiger partial charge >= 0.3 is 0 Å². The van der Waals surface area contributed by atoms with E-state index < -0.39 is 11.6 Å². The highest BCUT2D eigenvalue weighted by molar-refractivity contribution is 7.23. The summed E-state index contributed by atoms with van der Waals surface area (Å²) in [4.78, 5) is 0.805. The molecule has 4 heteroatoms. The van der Waals surface area contributed by atoms with Gasteiger partial charge in [-0.2, -0.15) is 0 Å². The summed E-state index contributed by atoms with van der Waals surface area (Å²) in [5, 5.41) is 11.1. The number of fused-ring (bicyclic) bond motifs is 1. The van der Waals surface area contributed by atoms with Crippen LogP contribution in [-0.4, -0.2) is 5.11 Å². The molecule has 1 nitrogen and oxygen atoms in total. The number of aryl methyl sites for hydroxylation is 1. The number of halogens is 2. The maximum absolute atomic E-state index is 13.8. The number of phenolic OH excluding ortho intramolecular Hbond substituents is 1. The molecule has 0 aliphatic rings. The van der Waals surface area contributed by atoms with Gasteiger partial charge in [0.25, 0.3) is 0 Å². The van der Waals surface area contributed by atoms with Crippen LogP contribution >= 0.6 is 11.3 Å². The molecule has 0 aliphatic heterocycles. The average molecular weight is 352 g/mol. The van der Waals surface area contributed by atoms with E-state index in [4.69, 9.17) is 0 Å². The van der Waals surface area contributed by atoms with Gasteiger partial charge in [0, 0.05) is 15.8 Å². The van der Waals surface area contributed by atoms with Crippen molar-refractivity contribution in [2.24, 2.45) is 0 Å². The SMILES string of the molecule is Cc1ccc(-c2c(-c3ccc(F)c(F)c3)sc3c(O)cccc23)cc1. The summed E-state index contributed by atoms with van der Waals surface area (Å²) in [5.74, 6) is -1.57. The van der Waals surface area contributed by atoms with E-state index in [0.717, 1.165) is 37.7 Å². The number of aromatic hydroxyl groups is 1. The second kappa shape index (κ2) is 5.97. The van der Waals surface area contributed by atoms with Crippen molar-refractivity contribution in [3.05, 3.63) is 77.9 Å². The van der Waals surface area contributed by atoms with Gasteiger partial charge in [0.1, 0.15) is 5.75 Å². The van der Waals surface area contributed by atoms with Crippen molar-refractivity contribution in [2.45, 2.75) is 6.92 Å². The first-order valence-corrected chi connectivity index (χ1v) is 8.63. The van der Waals surface area contributed by atoms with E-state index in [2.05, 4.69) is 0 Å². The Balaban J connectivity index is 2.06. The zero-order chi connectivity index (χ0) is 17.6. The predicted molar refractivity (Wildman–Crippen MR) is 99.0 cm³/mol. The van der Waals surface area contributed by atoms with Crippen molar-refractivity contribution in [2.75, 3.05) is 0 Å². The number of rotatable bonds is 2. The Bertz CT molecular complexity index is 1080. The highest BCUT2D eigenvalue weighted by Crippen LogP contribution is 2.47. The molecule has 4 rings (SSSR count). The lowest BCUT2D eigenvalue weighted by Gasteiger charge is -2.07. The van der Waals surface area contributed by atoms with Crippen LogP contribution in [0.4, 0.5) is 8.78 Å². The Morgan fingerprint density at radius 1 is 0.840 bits per heavy atom. The van der Waals surface area contributed by atoms with E-state index in [1.165, 1.54) is 17.4 Å². The van der Waals surface area contributed by atoms with Crippen molar-refractivity contribution in [3.8, 4) is 27.3 Å². The molecule has 124 valence electrons. The third-order valence-corrected chi connectivity index (χ3v) is 5.49. The minimum Gasteiger partial charge on any atom is -0.506 e. The lowest BCUT2D eigenvalue weighted by Crippen LogP contribution is -1.86. The molecule has 25 heavy (non-hydrogen) atoms. The first-order valence-electron chi connectivity index (χ1n) is 7.81. The minimum absolute atomic E-state index is 0.185. The Morgan fingerprint density at radius 3 is 2.28 bits per heavy atom. The molecular weight excluding hydrogens is 338 g/mol. The fourth-order valence-corrected chi connectivity index (χ4v) is 4.18. The number of hydrogen-bond acceptors (Lipinski definition) is 2. The van der Waals surface area contributed by atoms with Crippen LogP contribution in [0, 0.1) is 18.6 Å². The normalized spacial score (nSPS) is 11.2. The molecule has 1 aromatic heterocycles. The van der Waals surface area contributed by atoms with Gasteiger partial charge in [-0.05, 0) is 36.2 Å². The van der Waals surface area contributed by atoms with Gasteiger partial charge in [-0.15, -0.1) is 11.3 Å². The summed E-state index contributed by atoms with van der Waals surface area (Å²) in [5.41, 5.74) is 3.62. The van der Waals surface area contributed by atoms with Crippen molar-refractivity contribution in [3.63, 3.8) is 0 Å². The number of benzene rings is 3. The monoisotopic (exact) mass is 352 g/mol. The quantitative estimate of drug-likeness (QED) is 0.435. The molecule has 0 fully saturated rings. The molecule has 4 aromatic rings. The van der Waals surface area contributed by atoms with E-state index in [1.54, 1.807) is 18.2 Å². The van der Waals surface area contributed by atoms with Gasteiger partial charge in [-0.1, -0.05) is 48.0 Å². The fraction of sp³-hybridized carbons (Fsp3) is 0.0476. The van der Waals surface area contributed by atoms with Crippen LogP contribution in [0.2, 0.25) is 0 Å². The largest absolute Gasteiger partial charge is 0.506 e. The number of phenols is 1. The molecule has 0 bridgehead atoms. The highest BCUT2D eigenvalue weighted by atomic mass is 32.1. The lowest BCUT2D eigenvalue weighted by atomic mass is 9.98. The Hall–Kier alpha value is -2.72. The maximum Gasteiger partial charge on any atom is 0.159 e. The Kier molecular flexibility index (Phi) is 3.77. The van der Waals surface area contributed by atoms with Crippen molar-refractivity contribution in [1.29, 1.82) is 0 Å². The lowest BCUT2D eigenvalue weighted by molar-refractivity contribution is 0.482. The molecule has 0 radical (unpaired) electrons. The molecule has 0 spiro atoms. The molecule has 0 aliphatic carbocycles. The Morgan fingerprint density at radius 2 is 1.56 bits per heavy atom. The van der Waals surface area contributed by atoms with Gasteiger partial charge in [-0.3, -0.25) is 0 Å². The van der Waals surface area contributed by atoms with Gasteiger partial charge in [0.2, 0.25) is 0 Å². The molecular formula is C21H14F2OS. The fourth-order valence-electron chi connectivity index (χ4n) is 2.95. The van der Waals surface area contributed by atoms with Crippen LogP contribution in [0.15, 0.2) is 60.7 Å². The second-order valence-electron chi connectivity index (χ2n) is 5.95. The van der Waals surface area contributed by atoms with Crippen molar-refractivity contribution in [1.82, 2.24) is 0 Å². The summed E-state index contributed by atoms with van der Waals surface area (Å²) in [6.07, 6.45) is 0. The Labute approximate surface area is 147 Å². The van der Waals surface area contributed by atoms with E-state index in [-0.39, 0.29) is 5.75 Å². The molecule has 1 heterocycles. The van der Waals surface area contributed by atoms with Crippen LogP contribution < -0.4 is 0 Å². The number of hydrogen-bond donors (Lipinski definition) is 1. The number of thiophene rings is 1. The van der Waals surface area contributed by atoms with Gasteiger partial charge in [-0.25, -0.2) is 8.78 Å². The van der Waals surface area contributed by atoms with E-state index in [1.807, 2.05) is 37.3 Å². The molecule has 0 saturated carbocycles. The smallest absolute Gasteiger partial charge is 0.159 e. The van der Waals surface area contributed by atoms with Crippen LogP contribution in [0.5, 0.6) is 5.75 Å². The van der Waals surface area contributed by atoms with Gasteiger partial charge < -0.3 is 5.11 Å². The van der Waals surface area contributed by atoms with E-state index in [9.17, 15) is 13.9 Å². The summed E-state index contributed by atoms with van der Waals surface area (Å²) >= 11 is 1.38. The average Bonchev–Trinajstić information content (AvgIpc) is 2.99. The minimum atomic E-state index is -0.881. The second-order valence-corrected chi connectivity index (χ2v) is 6.98. The zero-order valence-corrected chi connectivity index (χ0v) is 14.2. The molecule has 0 amide bonds. The summed E-state index contributed by atoms with van der Waals surface area (Å²) in [7, 11) is 0. The first-order chi connectivity index (χ1) is 12.0. The third kappa shape index (κ3) is 2.68. The molecule has 1 N–H and O–H groups in total. The molecule has 0 saturated heterocycles. The molecule has 0 atom stereocenters. The van der Waals surface area contributed by atoms with E-state index in [0.29, 0.717) is 5.56 Å². The zero-order valence-electron chi connectivity index (χ0n) is 13.4. The van der Waals surface area contributed by atoms with Crippen LogP contribution in [0.25, 0.3) is 31.7 Å². The molecule has 3 aromatic carbocycles. The summed E-state index contributed by atoms with van der Waals surface area (Å²) in [6.45, 7) is 2.01. The summed E-state index contributed by atoms with van der Waals surface area (Å²) in [6, 6.07) is 17.3. The van der Waals surface area contributed by atoms with Crippen molar-refractivity contribution < 1.29 is 13.9 Å². The van der Waals surface area contributed by atoms with Gasteiger partial charge in [0.15, 0.2) is 11.6 Å². The highest BCUT2D eigenvalue weighted by Gasteiger charge is 2.18. The van der Waals surface area contributed by atoms with Crippen LogP contribution in [-0.2, 0) is 0 Å². The first kappa shape index (κ1) is 15.8. The summed E-state index contributed by atoms with van der Waals surface area (Å²) < 4.78 is 27.8. The van der Waals surface area contributed by atoms with Gasteiger partial charge in [0.05, 0.1) is 4.70 Å².